The molecule has 1 nitrogen and oxygen atoms in total. The SMILES string of the molecule is CCc1cc(C)ccc1Oc1ccc(Br)cc1Br. The zero-order chi connectivity index (χ0) is 13.1. The Morgan fingerprint density at radius 1 is 1.00 bits per heavy atom. The Morgan fingerprint density at radius 3 is 2.39 bits per heavy atom. The first kappa shape index (κ1) is 13.6. The average molecular weight is 370 g/mol. The minimum absolute atomic E-state index is 0.830. The van der Waals surface area contributed by atoms with Gasteiger partial charge in [-0.05, 0) is 59.1 Å². The van der Waals surface area contributed by atoms with Crippen molar-refractivity contribution in [1.82, 2.24) is 0 Å². The van der Waals surface area contributed by atoms with E-state index in [1.54, 1.807) is 0 Å². The lowest BCUT2D eigenvalue weighted by Crippen LogP contribution is -1.92. The zero-order valence-electron chi connectivity index (χ0n) is 10.3. The van der Waals surface area contributed by atoms with Crippen molar-refractivity contribution in [3.8, 4) is 11.5 Å². The second-order valence-electron chi connectivity index (χ2n) is 4.14. The Hall–Kier alpha value is -0.800. The van der Waals surface area contributed by atoms with Gasteiger partial charge in [0.15, 0.2) is 0 Å². The Kier molecular flexibility index (Phi) is 4.46. The minimum atomic E-state index is 0.830. The smallest absolute Gasteiger partial charge is 0.141 e. The number of hydrogen-bond acceptors (Lipinski definition) is 1. The molecule has 0 spiro atoms. The molecule has 0 aliphatic rings. The standard InChI is InChI=1S/C15H14Br2O/c1-3-11-8-10(2)4-6-14(11)18-15-7-5-12(16)9-13(15)17/h4-9H,3H2,1-2H3. The summed E-state index contributed by atoms with van der Waals surface area (Å²) in [4.78, 5) is 0. The highest BCUT2D eigenvalue weighted by molar-refractivity contribution is 9.11. The molecular weight excluding hydrogens is 356 g/mol. The summed E-state index contributed by atoms with van der Waals surface area (Å²) in [5, 5.41) is 0. The first-order chi connectivity index (χ1) is 8.60. The molecule has 0 heterocycles. The summed E-state index contributed by atoms with van der Waals surface area (Å²) in [5.41, 5.74) is 2.49. The summed E-state index contributed by atoms with van der Waals surface area (Å²) >= 11 is 6.94. The first-order valence-corrected chi connectivity index (χ1v) is 7.41. The van der Waals surface area contributed by atoms with E-state index in [0.29, 0.717) is 0 Å². The highest BCUT2D eigenvalue weighted by Gasteiger charge is 2.07. The van der Waals surface area contributed by atoms with Gasteiger partial charge in [-0.3, -0.25) is 0 Å². The van der Waals surface area contributed by atoms with Crippen LogP contribution in [0.1, 0.15) is 18.1 Å². The number of ether oxygens (including phenoxy) is 1. The average Bonchev–Trinajstić information content (AvgIpc) is 2.34. The maximum absolute atomic E-state index is 5.97. The van der Waals surface area contributed by atoms with E-state index in [4.69, 9.17) is 4.74 Å². The van der Waals surface area contributed by atoms with E-state index in [-0.39, 0.29) is 0 Å². The molecule has 0 saturated heterocycles. The van der Waals surface area contributed by atoms with Crippen LogP contribution in [-0.2, 0) is 6.42 Å². The van der Waals surface area contributed by atoms with Crippen LogP contribution in [0.15, 0.2) is 45.3 Å². The Balaban J connectivity index is 2.33. The van der Waals surface area contributed by atoms with Gasteiger partial charge in [-0.25, -0.2) is 0 Å². The molecule has 0 aromatic heterocycles. The van der Waals surface area contributed by atoms with Gasteiger partial charge in [-0.15, -0.1) is 0 Å². The Labute approximate surface area is 124 Å². The van der Waals surface area contributed by atoms with Crippen LogP contribution in [0, 0.1) is 6.92 Å². The molecular formula is C15H14Br2O. The molecule has 0 bridgehead atoms. The lowest BCUT2D eigenvalue weighted by molar-refractivity contribution is 0.473. The van der Waals surface area contributed by atoms with Crippen molar-refractivity contribution in [2.75, 3.05) is 0 Å². The van der Waals surface area contributed by atoms with Crippen LogP contribution >= 0.6 is 31.9 Å². The summed E-state index contributed by atoms with van der Waals surface area (Å²) in [5.74, 6) is 1.75. The molecule has 18 heavy (non-hydrogen) atoms. The van der Waals surface area contributed by atoms with Crippen LogP contribution in [-0.4, -0.2) is 0 Å². The molecule has 0 radical (unpaired) electrons. The van der Waals surface area contributed by atoms with Gasteiger partial charge in [0.25, 0.3) is 0 Å². The van der Waals surface area contributed by atoms with E-state index >= 15 is 0 Å². The van der Waals surface area contributed by atoms with E-state index < -0.39 is 0 Å². The van der Waals surface area contributed by atoms with E-state index in [2.05, 4.69) is 57.8 Å². The van der Waals surface area contributed by atoms with Crippen LogP contribution in [0.2, 0.25) is 0 Å². The van der Waals surface area contributed by atoms with Crippen LogP contribution < -0.4 is 4.74 Å². The fraction of sp³-hybridized carbons (Fsp3) is 0.200. The number of halogens is 2. The van der Waals surface area contributed by atoms with E-state index in [9.17, 15) is 0 Å². The van der Waals surface area contributed by atoms with E-state index in [1.165, 1.54) is 11.1 Å². The number of benzene rings is 2. The van der Waals surface area contributed by atoms with Gasteiger partial charge in [-0.1, -0.05) is 40.5 Å². The van der Waals surface area contributed by atoms with Crippen molar-refractivity contribution in [2.45, 2.75) is 20.3 Å². The predicted molar refractivity (Wildman–Crippen MR) is 82.5 cm³/mol. The second-order valence-corrected chi connectivity index (χ2v) is 5.91. The summed E-state index contributed by atoms with van der Waals surface area (Å²) in [6.45, 7) is 4.23. The van der Waals surface area contributed by atoms with Gasteiger partial charge in [0, 0.05) is 4.47 Å². The molecule has 0 unspecified atom stereocenters. The molecule has 0 saturated carbocycles. The Bertz CT molecular complexity index is 564. The summed E-state index contributed by atoms with van der Waals surface area (Å²) in [7, 11) is 0. The van der Waals surface area contributed by atoms with Crippen molar-refractivity contribution in [1.29, 1.82) is 0 Å². The largest absolute Gasteiger partial charge is 0.456 e. The number of aryl methyl sites for hydroxylation is 2. The maximum Gasteiger partial charge on any atom is 0.141 e. The van der Waals surface area contributed by atoms with E-state index in [0.717, 1.165) is 26.9 Å². The lowest BCUT2D eigenvalue weighted by Gasteiger charge is -2.12. The second kappa shape index (κ2) is 5.89. The lowest BCUT2D eigenvalue weighted by atomic mass is 10.1. The molecule has 0 aliphatic carbocycles. The van der Waals surface area contributed by atoms with E-state index in [1.807, 2.05) is 24.3 Å². The van der Waals surface area contributed by atoms with Gasteiger partial charge >= 0.3 is 0 Å². The van der Waals surface area contributed by atoms with Gasteiger partial charge in [0.1, 0.15) is 11.5 Å². The highest BCUT2D eigenvalue weighted by atomic mass is 79.9. The van der Waals surface area contributed by atoms with Gasteiger partial charge in [0.2, 0.25) is 0 Å². The van der Waals surface area contributed by atoms with Crippen LogP contribution in [0.3, 0.4) is 0 Å². The fourth-order valence-corrected chi connectivity index (χ4v) is 2.89. The minimum Gasteiger partial charge on any atom is -0.456 e. The van der Waals surface area contributed by atoms with Gasteiger partial charge < -0.3 is 4.74 Å². The molecule has 0 N–H and O–H groups in total. The first-order valence-electron chi connectivity index (χ1n) is 5.82. The monoisotopic (exact) mass is 368 g/mol. The van der Waals surface area contributed by atoms with Crippen molar-refractivity contribution in [2.24, 2.45) is 0 Å². The normalized spacial score (nSPS) is 10.4. The molecule has 2 aromatic rings. The van der Waals surface area contributed by atoms with Gasteiger partial charge in [0.05, 0.1) is 4.47 Å². The number of rotatable bonds is 3. The number of hydrogen-bond donors (Lipinski definition) is 0. The van der Waals surface area contributed by atoms with Crippen molar-refractivity contribution < 1.29 is 4.74 Å². The molecule has 0 fully saturated rings. The highest BCUT2D eigenvalue weighted by Crippen LogP contribution is 2.33. The fourth-order valence-electron chi connectivity index (χ4n) is 1.76. The zero-order valence-corrected chi connectivity index (χ0v) is 13.5. The topological polar surface area (TPSA) is 9.23 Å². The van der Waals surface area contributed by atoms with Crippen molar-refractivity contribution in [3.05, 3.63) is 56.5 Å². The summed E-state index contributed by atoms with van der Waals surface area (Å²) < 4.78 is 7.95. The molecule has 2 aromatic carbocycles. The Morgan fingerprint density at radius 2 is 1.72 bits per heavy atom. The predicted octanol–water partition coefficient (Wildman–Crippen LogP) is 5.87. The summed E-state index contributed by atoms with van der Waals surface area (Å²) in [6.07, 6.45) is 0.963. The third-order valence-electron chi connectivity index (χ3n) is 2.71. The quantitative estimate of drug-likeness (QED) is 0.656. The molecule has 0 aliphatic heterocycles. The molecule has 3 heteroatoms. The summed E-state index contributed by atoms with van der Waals surface area (Å²) in [6, 6.07) is 12.2. The van der Waals surface area contributed by atoms with Crippen molar-refractivity contribution in [3.63, 3.8) is 0 Å². The van der Waals surface area contributed by atoms with Crippen LogP contribution in [0.4, 0.5) is 0 Å². The molecule has 0 atom stereocenters. The third kappa shape index (κ3) is 3.15. The molecule has 94 valence electrons. The molecule has 2 rings (SSSR count). The van der Waals surface area contributed by atoms with Gasteiger partial charge in [-0.2, -0.15) is 0 Å². The van der Waals surface area contributed by atoms with Crippen molar-refractivity contribution >= 4 is 31.9 Å². The van der Waals surface area contributed by atoms with Crippen LogP contribution in [0.25, 0.3) is 0 Å². The maximum atomic E-state index is 5.97. The third-order valence-corrected chi connectivity index (χ3v) is 3.82. The molecule has 0 amide bonds. The van der Waals surface area contributed by atoms with Crippen LogP contribution in [0.5, 0.6) is 11.5 Å².